The van der Waals surface area contributed by atoms with Crippen LogP contribution in [-0.4, -0.2) is 28.3 Å². The standard InChI is InChI=1S/C31H25I2N3O6S2/c1-4-41-30(38)26-17(2)34-31-35(27(26)20-7-11-22(43-3)12-8-20)29(37)25(44-31)15-19-13-23(32)28(24(33)14-19)42-16-18-5-9-21(10-6-18)36(39)40/h5-15,27H,4,16H2,1-3H3/b25-15-/t27-/m1/s1. The number of thiazole rings is 1. The van der Waals surface area contributed by atoms with Crippen molar-refractivity contribution in [2.24, 2.45) is 4.99 Å². The lowest BCUT2D eigenvalue weighted by molar-refractivity contribution is -0.384. The molecule has 1 aliphatic rings. The fourth-order valence-corrected chi connectivity index (χ4v) is 8.30. The molecule has 4 aromatic rings. The van der Waals surface area contributed by atoms with Crippen LogP contribution in [0.15, 0.2) is 86.6 Å². The lowest BCUT2D eigenvalue weighted by Crippen LogP contribution is -2.39. The lowest BCUT2D eigenvalue weighted by Gasteiger charge is -2.24. The van der Waals surface area contributed by atoms with E-state index < -0.39 is 16.9 Å². The number of nitro groups is 1. The van der Waals surface area contributed by atoms with E-state index in [1.807, 2.05) is 48.7 Å². The number of carbonyl (C=O) groups excluding carboxylic acids is 1. The van der Waals surface area contributed by atoms with Crippen LogP contribution in [0.1, 0.15) is 36.6 Å². The van der Waals surface area contributed by atoms with E-state index in [-0.39, 0.29) is 24.5 Å². The third kappa shape index (κ3) is 6.79. The molecule has 1 aromatic heterocycles. The monoisotopic (exact) mass is 853 g/mol. The third-order valence-corrected chi connectivity index (χ3v) is 10.1. The number of hydrogen-bond donors (Lipinski definition) is 0. The van der Waals surface area contributed by atoms with Crippen LogP contribution in [0.3, 0.4) is 0 Å². The van der Waals surface area contributed by atoms with Gasteiger partial charge in [-0.3, -0.25) is 19.5 Å². The molecule has 0 fully saturated rings. The highest BCUT2D eigenvalue weighted by molar-refractivity contribution is 14.1. The van der Waals surface area contributed by atoms with Crippen LogP contribution in [0.2, 0.25) is 0 Å². The second-order valence-corrected chi connectivity index (χ2v) is 13.8. The van der Waals surface area contributed by atoms with Gasteiger partial charge in [-0.25, -0.2) is 9.79 Å². The Morgan fingerprint density at radius 3 is 2.39 bits per heavy atom. The first-order valence-electron chi connectivity index (χ1n) is 13.3. The minimum Gasteiger partial charge on any atom is -0.487 e. The molecule has 1 atom stereocenters. The molecule has 9 nitrogen and oxygen atoms in total. The number of rotatable bonds is 9. The molecule has 0 aliphatic carbocycles. The van der Waals surface area contributed by atoms with Crippen LogP contribution in [0.5, 0.6) is 5.75 Å². The quantitative estimate of drug-likeness (QED) is 0.0647. The first-order valence-corrected chi connectivity index (χ1v) is 17.5. The number of esters is 1. The molecule has 0 spiro atoms. The van der Waals surface area contributed by atoms with Gasteiger partial charge in [0.05, 0.1) is 40.5 Å². The fraction of sp³-hybridized carbons (Fsp3) is 0.194. The number of hydrogen-bond acceptors (Lipinski definition) is 9. The first kappa shape index (κ1) is 32.4. The SMILES string of the molecule is CCOC(=O)C1=C(C)N=c2s/c(=C\c3cc(I)c(OCc4ccc([N+](=O)[O-])cc4)c(I)c3)c(=O)n2[C@@H]1c1ccc(SC)cc1. The van der Waals surface area contributed by atoms with Crippen molar-refractivity contribution in [3.63, 3.8) is 0 Å². The molecule has 13 heteroatoms. The van der Waals surface area contributed by atoms with Crippen molar-refractivity contribution in [1.29, 1.82) is 0 Å². The molecule has 0 N–H and O–H groups in total. The van der Waals surface area contributed by atoms with Crippen LogP contribution in [0, 0.1) is 17.3 Å². The Balaban J connectivity index is 1.51. The molecule has 0 saturated heterocycles. The second-order valence-electron chi connectivity index (χ2n) is 9.60. The minimum absolute atomic E-state index is 0.0274. The van der Waals surface area contributed by atoms with Gasteiger partial charge in [0.1, 0.15) is 12.4 Å². The van der Waals surface area contributed by atoms with Gasteiger partial charge in [0.2, 0.25) is 0 Å². The average Bonchev–Trinajstić information content (AvgIpc) is 3.30. The molecular formula is C31H25I2N3O6S2. The molecule has 0 unspecified atom stereocenters. The zero-order valence-corrected chi connectivity index (χ0v) is 29.7. The van der Waals surface area contributed by atoms with Crippen LogP contribution in [-0.2, 0) is 16.1 Å². The summed E-state index contributed by atoms with van der Waals surface area (Å²) in [6, 6.07) is 17.3. The van der Waals surface area contributed by atoms with Gasteiger partial charge in [0.15, 0.2) is 4.80 Å². The minimum atomic E-state index is -0.668. The highest BCUT2D eigenvalue weighted by Gasteiger charge is 2.33. The van der Waals surface area contributed by atoms with E-state index in [0.29, 0.717) is 26.4 Å². The molecule has 5 rings (SSSR count). The van der Waals surface area contributed by atoms with E-state index in [9.17, 15) is 19.7 Å². The van der Waals surface area contributed by atoms with Crippen LogP contribution in [0.4, 0.5) is 5.69 Å². The smallest absolute Gasteiger partial charge is 0.338 e. The summed E-state index contributed by atoms with van der Waals surface area (Å²) < 4.78 is 15.2. The van der Waals surface area contributed by atoms with Gasteiger partial charge in [-0.05, 0) is 124 Å². The Kier molecular flexibility index (Phi) is 10.3. The van der Waals surface area contributed by atoms with E-state index in [4.69, 9.17) is 9.47 Å². The number of carbonyl (C=O) groups is 1. The topological polar surface area (TPSA) is 113 Å². The number of nitrogens with zero attached hydrogens (tertiary/aromatic N) is 3. The van der Waals surface area contributed by atoms with Gasteiger partial charge in [0.25, 0.3) is 11.2 Å². The molecule has 44 heavy (non-hydrogen) atoms. The highest BCUT2D eigenvalue weighted by atomic mass is 127. The van der Waals surface area contributed by atoms with Gasteiger partial charge in [-0.15, -0.1) is 11.8 Å². The molecule has 0 amide bonds. The molecule has 0 bridgehead atoms. The number of benzene rings is 3. The predicted molar refractivity (Wildman–Crippen MR) is 188 cm³/mol. The summed E-state index contributed by atoms with van der Waals surface area (Å²) in [6.45, 7) is 3.98. The molecule has 0 saturated carbocycles. The Morgan fingerprint density at radius 2 is 1.80 bits per heavy atom. The average molecular weight is 853 g/mol. The summed E-state index contributed by atoms with van der Waals surface area (Å²) in [7, 11) is 0. The van der Waals surface area contributed by atoms with E-state index in [0.717, 1.165) is 28.7 Å². The van der Waals surface area contributed by atoms with Crippen LogP contribution >= 0.6 is 68.3 Å². The maximum absolute atomic E-state index is 14.0. The van der Waals surface area contributed by atoms with E-state index >= 15 is 0 Å². The lowest BCUT2D eigenvalue weighted by atomic mass is 9.96. The first-order chi connectivity index (χ1) is 21.1. The summed E-state index contributed by atoms with van der Waals surface area (Å²) >= 11 is 7.28. The summed E-state index contributed by atoms with van der Waals surface area (Å²) in [5, 5.41) is 10.9. The third-order valence-electron chi connectivity index (χ3n) is 6.80. The number of nitro benzene ring substituents is 1. The maximum Gasteiger partial charge on any atom is 0.338 e. The van der Waals surface area contributed by atoms with Gasteiger partial charge in [-0.1, -0.05) is 23.5 Å². The Hall–Kier alpha value is -3.02. The number of aromatic nitrogens is 1. The number of non-ortho nitro benzene ring substituents is 1. The fourth-order valence-electron chi connectivity index (χ4n) is 4.71. The number of ether oxygens (including phenoxy) is 2. The Bertz CT molecular complexity index is 1950. The summed E-state index contributed by atoms with van der Waals surface area (Å²) in [6.07, 6.45) is 3.82. The molecule has 1 aliphatic heterocycles. The molecule has 0 radical (unpaired) electrons. The van der Waals surface area contributed by atoms with Crippen molar-refractivity contribution in [2.45, 2.75) is 31.4 Å². The predicted octanol–water partition coefficient (Wildman–Crippen LogP) is 6.22. The van der Waals surface area contributed by atoms with E-state index in [1.165, 1.54) is 23.5 Å². The van der Waals surface area contributed by atoms with Crippen LogP contribution in [0.25, 0.3) is 6.08 Å². The maximum atomic E-state index is 14.0. The van der Waals surface area contributed by atoms with E-state index in [2.05, 4.69) is 50.2 Å². The van der Waals surface area contributed by atoms with Gasteiger partial charge in [0, 0.05) is 17.0 Å². The largest absolute Gasteiger partial charge is 0.487 e. The number of allylic oxidation sites excluding steroid dienone is 1. The molecule has 3 aromatic carbocycles. The van der Waals surface area contributed by atoms with Crippen molar-refractivity contribution in [3.05, 3.63) is 126 Å². The normalized spacial score (nSPS) is 14.7. The van der Waals surface area contributed by atoms with Crippen molar-refractivity contribution < 1.29 is 19.2 Å². The summed E-state index contributed by atoms with van der Waals surface area (Å²) in [4.78, 5) is 43.8. The Labute approximate surface area is 288 Å². The van der Waals surface area contributed by atoms with Crippen molar-refractivity contribution in [2.75, 3.05) is 12.9 Å². The summed E-state index contributed by atoms with van der Waals surface area (Å²) in [5.74, 6) is 0.196. The van der Waals surface area contributed by atoms with Gasteiger partial charge < -0.3 is 9.47 Å². The molecular weight excluding hydrogens is 828 g/mol. The van der Waals surface area contributed by atoms with Crippen molar-refractivity contribution >= 4 is 86.0 Å². The van der Waals surface area contributed by atoms with Crippen molar-refractivity contribution in [3.8, 4) is 5.75 Å². The van der Waals surface area contributed by atoms with Gasteiger partial charge in [-0.2, -0.15) is 0 Å². The number of fused-ring (bicyclic) bond motifs is 1. The Morgan fingerprint density at radius 1 is 1.14 bits per heavy atom. The number of thioether (sulfide) groups is 1. The summed E-state index contributed by atoms with van der Waals surface area (Å²) in [5.41, 5.74) is 3.07. The van der Waals surface area contributed by atoms with Crippen molar-refractivity contribution in [1.82, 2.24) is 4.57 Å². The second kappa shape index (κ2) is 14.0. The van der Waals surface area contributed by atoms with Gasteiger partial charge >= 0.3 is 5.97 Å². The zero-order chi connectivity index (χ0) is 31.5. The van der Waals surface area contributed by atoms with Crippen LogP contribution < -0.4 is 19.6 Å². The zero-order valence-electron chi connectivity index (χ0n) is 23.7. The van der Waals surface area contributed by atoms with E-state index in [1.54, 1.807) is 42.3 Å². The molecule has 226 valence electrons. The highest BCUT2D eigenvalue weighted by Crippen LogP contribution is 2.32. The number of halogens is 2. The molecule has 2 heterocycles.